The van der Waals surface area contributed by atoms with Gasteiger partial charge in [0.15, 0.2) is 0 Å². The van der Waals surface area contributed by atoms with Crippen LogP contribution < -0.4 is 0 Å². The molecule has 0 saturated heterocycles. The molecule has 0 aromatic carbocycles. The van der Waals surface area contributed by atoms with E-state index in [9.17, 15) is 4.79 Å². The summed E-state index contributed by atoms with van der Waals surface area (Å²) in [6, 6.07) is 0. The van der Waals surface area contributed by atoms with Gasteiger partial charge < -0.3 is 5.11 Å². The van der Waals surface area contributed by atoms with E-state index in [1.165, 1.54) is 6.42 Å². The van der Waals surface area contributed by atoms with Gasteiger partial charge in [-0.3, -0.25) is 4.79 Å². The van der Waals surface area contributed by atoms with Crippen LogP contribution >= 0.6 is 0 Å². The summed E-state index contributed by atoms with van der Waals surface area (Å²) in [4.78, 5) is 10.8. The maximum atomic E-state index is 10.8. The monoisotopic (exact) mass is 257 g/mol. The fraction of sp³-hybridized carbons (Fsp3) is 0.900. The molecule has 71 valence electrons. The third kappa shape index (κ3) is 1.72. The Morgan fingerprint density at radius 1 is 1.23 bits per heavy atom. The molecule has 5 atom stereocenters. The number of carboxylic acid groups (broad SMARTS) is 1. The average molecular weight is 257 g/mol. The molecule has 2 saturated carbocycles. The largest absolute Gasteiger partial charge is 0.481 e. The van der Waals surface area contributed by atoms with Gasteiger partial charge in [0.2, 0.25) is 0 Å². The molecule has 3 heteroatoms. The van der Waals surface area contributed by atoms with Crippen molar-refractivity contribution in [3.8, 4) is 0 Å². The van der Waals surface area contributed by atoms with Crippen LogP contribution in [0.4, 0.5) is 0 Å². The van der Waals surface area contributed by atoms with Crippen molar-refractivity contribution >= 4 is 5.97 Å². The van der Waals surface area contributed by atoms with Crippen molar-refractivity contribution in [1.29, 1.82) is 0 Å². The van der Waals surface area contributed by atoms with Crippen LogP contribution in [-0.4, -0.2) is 11.1 Å². The van der Waals surface area contributed by atoms with E-state index >= 15 is 0 Å². The van der Waals surface area contributed by atoms with Gasteiger partial charge in [0.25, 0.3) is 0 Å². The van der Waals surface area contributed by atoms with Crippen molar-refractivity contribution in [2.45, 2.75) is 26.7 Å². The van der Waals surface area contributed by atoms with Crippen molar-refractivity contribution in [1.82, 2.24) is 0 Å². The van der Waals surface area contributed by atoms with Crippen LogP contribution in [0.1, 0.15) is 26.7 Å². The number of aliphatic carboxylic acids is 1. The Balaban J connectivity index is 0.000000845. The zero-order valence-corrected chi connectivity index (χ0v) is 11.1. The minimum Gasteiger partial charge on any atom is -0.481 e. The Bertz CT molecular complexity index is 215. The van der Waals surface area contributed by atoms with Crippen LogP contribution in [0.25, 0.3) is 0 Å². The second-order valence-corrected chi connectivity index (χ2v) is 4.56. The SMILES string of the molecule is CC1C2CC(C(=O)O)C(C2)C1C.[Y]. The molecule has 0 aromatic rings. The van der Waals surface area contributed by atoms with E-state index in [4.69, 9.17) is 5.11 Å². The van der Waals surface area contributed by atoms with Gasteiger partial charge >= 0.3 is 5.97 Å². The molecule has 2 rings (SSSR count). The second-order valence-electron chi connectivity index (χ2n) is 4.56. The summed E-state index contributed by atoms with van der Waals surface area (Å²) in [5, 5.41) is 8.94. The van der Waals surface area contributed by atoms with Crippen LogP contribution in [0, 0.1) is 29.6 Å². The number of carboxylic acids is 1. The molecule has 2 nitrogen and oxygen atoms in total. The molecule has 2 aliphatic rings. The number of rotatable bonds is 1. The van der Waals surface area contributed by atoms with Gasteiger partial charge in [-0.15, -0.1) is 0 Å². The number of carbonyl (C=O) groups is 1. The summed E-state index contributed by atoms with van der Waals surface area (Å²) in [6.07, 6.45) is 2.10. The maximum absolute atomic E-state index is 10.8. The zero-order chi connectivity index (χ0) is 8.88. The number of hydrogen-bond acceptors (Lipinski definition) is 1. The van der Waals surface area contributed by atoms with Crippen molar-refractivity contribution < 1.29 is 42.6 Å². The van der Waals surface area contributed by atoms with Gasteiger partial charge in [0.1, 0.15) is 0 Å². The third-order valence-corrected chi connectivity index (χ3v) is 4.21. The van der Waals surface area contributed by atoms with Gasteiger partial charge in [-0.2, -0.15) is 0 Å². The molecule has 5 unspecified atom stereocenters. The van der Waals surface area contributed by atoms with Crippen LogP contribution in [0.5, 0.6) is 0 Å². The molecule has 0 heterocycles. The van der Waals surface area contributed by atoms with Gasteiger partial charge in [0.05, 0.1) is 5.92 Å². The Morgan fingerprint density at radius 2 is 1.85 bits per heavy atom. The van der Waals surface area contributed by atoms with E-state index in [0.29, 0.717) is 17.8 Å². The summed E-state index contributed by atoms with van der Waals surface area (Å²) in [5.41, 5.74) is 0. The average Bonchev–Trinajstić information content (AvgIpc) is 2.53. The van der Waals surface area contributed by atoms with Gasteiger partial charge in [-0.25, -0.2) is 0 Å². The van der Waals surface area contributed by atoms with Crippen molar-refractivity contribution in [2.24, 2.45) is 29.6 Å². The molecule has 13 heavy (non-hydrogen) atoms. The zero-order valence-electron chi connectivity index (χ0n) is 8.23. The minimum absolute atomic E-state index is 0. The minimum atomic E-state index is -0.568. The molecular weight excluding hydrogens is 241 g/mol. The topological polar surface area (TPSA) is 37.3 Å². The fourth-order valence-corrected chi connectivity index (χ4v) is 3.22. The predicted octanol–water partition coefficient (Wildman–Crippen LogP) is 2.00. The second kappa shape index (κ2) is 3.98. The summed E-state index contributed by atoms with van der Waals surface area (Å²) < 4.78 is 0. The Kier molecular flexibility index (Phi) is 3.57. The first-order chi connectivity index (χ1) is 5.61. The summed E-state index contributed by atoms with van der Waals surface area (Å²) in [6.45, 7) is 4.48. The van der Waals surface area contributed by atoms with Gasteiger partial charge in [-0.05, 0) is 36.5 Å². The number of fused-ring (bicyclic) bond motifs is 2. The van der Waals surface area contributed by atoms with E-state index < -0.39 is 5.97 Å². The molecule has 0 aliphatic heterocycles. The maximum Gasteiger partial charge on any atom is 0.306 e. The predicted molar refractivity (Wildman–Crippen MR) is 45.7 cm³/mol. The normalized spacial score (nSPS) is 47.4. The molecular formula is C10H16O2Y. The molecule has 0 aromatic heterocycles. The third-order valence-electron chi connectivity index (χ3n) is 4.21. The van der Waals surface area contributed by atoms with Crippen LogP contribution in [0.15, 0.2) is 0 Å². The summed E-state index contributed by atoms with van der Waals surface area (Å²) >= 11 is 0. The first-order valence-corrected chi connectivity index (χ1v) is 4.84. The standard InChI is InChI=1S/C10H16O2.Y/c1-5-6(2)8-3-7(5)4-9(8)10(11)12;/h5-9H,3-4H2,1-2H3,(H,11,12);. The summed E-state index contributed by atoms with van der Waals surface area (Å²) in [5.74, 6) is 1.96. The Hall–Kier alpha value is 0.574. The van der Waals surface area contributed by atoms with Gasteiger partial charge in [0, 0.05) is 32.7 Å². The van der Waals surface area contributed by atoms with Crippen LogP contribution in [0.3, 0.4) is 0 Å². The Morgan fingerprint density at radius 3 is 2.23 bits per heavy atom. The summed E-state index contributed by atoms with van der Waals surface area (Å²) in [7, 11) is 0. The first-order valence-electron chi connectivity index (χ1n) is 4.84. The van der Waals surface area contributed by atoms with E-state index in [0.717, 1.165) is 12.3 Å². The van der Waals surface area contributed by atoms with Crippen molar-refractivity contribution in [3.63, 3.8) is 0 Å². The quantitative estimate of drug-likeness (QED) is 0.780. The molecule has 1 radical (unpaired) electrons. The van der Waals surface area contributed by atoms with E-state index in [-0.39, 0.29) is 38.6 Å². The van der Waals surface area contributed by atoms with Crippen LogP contribution in [0.2, 0.25) is 0 Å². The molecule has 2 aliphatic carbocycles. The van der Waals surface area contributed by atoms with E-state index in [1.54, 1.807) is 0 Å². The molecule has 1 N–H and O–H groups in total. The molecule has 2 fully saturated rings. The smallest absolute Gasteiger partial charge is 0.306 e. The van der Waals surface area contributed by atoms with Crippen molar-refractivity contribution in [3.05, 3.63) is 0 Å². The van der Waals surface area contributed by atoms with Crippen LogP contribution in [-0.2, 0) is 37.5 Å². The fourth-order valence-electron chi connectivity index (χ4n) is 3.22. The Labute approximate surface area is 104 Å². The van der Waals surface area contributed by atoms with Crippen molar-refractivity contribution in [2.75, 3.05) is 0 Å². The number of hydrogen-bond donors (Lipinski definition) is 1. The molecule has 2 bridgehead atoms. The van der Waals surface area contributed by atoms with E-state index in [2.05, 4.69) is 13.8 Å². The first kappa shape index (κ1) is 11.6. The van der Waals surface area contributed by atoms with E-state index in [1.807, 2.05) is 0 Å². The molecule has 0 amide bonds. The molecule has 0 spiro atoms. The van der Waals surface area contributed by atoms with Gasteiger partial charge in [-0.1, -0.05) is 13.8 Å².